The number of aryl methyl sites for hydroxylation is 1. The number of carboxylic acids is 1. The topological polar surface area (TPSA) is 67.8 Å². The molecule has 138 valence electrons. The van der Waals surface area contributed by atoms with Crippen molar-refractivity contribution >= 4 is 29.3 Å². The molecule has 0 aromatic heterocycles. The normalized spacial score (nSPS) is 19.3. The van der Waals surface area contributed by atoms with E-state index in [2.05, 4.69) is 5.32 Å². The van der Waals surface area contributed by atoms with Crippen LogP contribution in [0.3, 0.4) is 0 Å². The second-order valence-electron chi connectivity index (χ2n) is 6.04. The lowest BCUT2D eigenvalue weighted by Crippen LogP contribution is -2.33. The minimum Gasteiger partial charge on any atom is -0.496 e. The number of methoxy groups -OCH3 is 1. The zero-order valence-electron chi connectivity index (χ0n) is 14.5. The van der Waals surface area contributed by atoms with Gasteiger partial charge in [0.05, 0.1) is 12.5 Å². The predicted octanol–water partition coefficient (Wildman–Crippen LogP) is 4.02. The number of aliphatic carboxylic acids is 1. The first-order chi connectivity index (χ1) is 12.5. The molecule has 7 heteroatoms. The number of ether oxygens (including phenoxy) is 2. The Morgan fingerprint density at radius 2 is 2.08 bits per heavy atom. The first-order valence-corrected chi connectivity index (χ1v) is 9.57. The van der Waals surface area contributed by atoms with Gasteiger partial charge >= 0.3 is 5.97 Å². The van der Waals surface area contributed by atoms with E-state index in [1.165, 1.54) is 0 Å². The van der Waals surface area contributed by atoms with E-state index in [-0.39, 0.29) is 5.37 Å². The second-order valence-corrected chi connectivity index (χ2v) is 7.62. The van der Waals surface area contributed by atoms with Crippen LogP contribution in [-0.4, -0.2) is 30.0 Å². The van der Waals surface area contributed by atoms with E-state index in [1.54, 1.807) is 24.9 Å². The minimum absolute atomic E-state index is 0.0574. The van der Waals surface area contributed by atoms with Gasteiger partial charge in [0.1, 0.15) is 24.1 Å². The van der Waals surface area contributed by atoms with Crippen LogP contribution in [0.15, 0.2) is 36.4 Å². The van der Waals surface area contributed by atoms with E-state index in [0.29, 0.717) is 17.4 Å². The largest absolute Gasteiger partial charge is 0.496 e. The molecule has 26 heavy (non-hydrogen) atoms. The van der Waals surface area contributed by atoms with E-state index in [9.17, 15) is 4.79 Å². The van der Waals surface area contributed by atoms with Crippen LogP contribution in [0.5, 0.6) is 11.5 Å². The fraction of sp³-hybridized carbons (Fsp3) is 0.316. The zero-order valence-corrected chi connectivity index (χ0v) is 16.1. The van der Waals surface area contributed by atoms with Crippen molar-refractivity contribution in [1.29, 1.82) is 0 Å². The average Bonchev–Trinajstić information content (AvgIpc) is 3.11. The van der Waals surface area contributed by atoms with Gasteiger partial charge in [-0.25, -0.2) is 0 Å². The summed E-state index contributed by atoms with van der Waals surface area (Å²) >= 11 is 7.57. The van der Waals surface area contributed by atoms with Crippen LogP contribution in [0.2, 0.25) is 5.02 Å². The van der Waals surface area contributed by atoms with Crippen LogP contribution in [-0.2, 0) is 11.4 Å². The first kappa shape index (κ1) is 18.9. The number of thioether (sulfide) groups is 1. The van der Waals surface area contributed by atoms with E-state index in [4.69, 9.17) is 26.2 Å². The molecule has 2 N–H and O–H groups in total. The van der Waals surface area contributed by atoms with E-state index < -0.39 is 12.0 Å². The SMILES string of the molecule is COc1ccc([C@@H]2N[C@@H](C(=O)O)CS2)cc1COc1ccc(Cl)cc1C. The Hall–Kier alpha value is -1.89. The highest BCUT2D eigenvalue weighted by atomic mass is 35.5. The van der Waals surface area contributed by atoms with Gasteiger partial charge in [-0.2, -0.15) is 0 Å². The molecule has 2 aromatic rings. The highest BCUT2D eigenvalue weighted by Crippen LogP contribution is 2.35. The van der Waals surface area contributed by atoms with Crippen LogP contribution in [0, 0.1) is 6.92 Å². The Bertz CT molecular complexity index is 814. The predicted molar refractivity (Wildman–Crippen MR) is 103 cm³/mol. The second kappa shape index (κ2) is 8.20. The molecule has 2 atom stereocenters. The molecule has 0 amide bonds. The molecule has 1 saturated heterocycles. The maximum Gasteiger partial charge on any atom is 0.321 e. The summed E-state index contributed by atoms with van der Waals surface area (Å²) in [5.41, 5.74) is 2.87. The van der Waals surface area contributed by atoms with Crippen molar-refractivity contribution in [2.75, 3.05) is 12.9 Å². The van der Waals surface area contributed by atoms with Crippen molar-refractivity contribution in [1.82, 2.24) is 5.32 Å². The van der Waals surface area contributed by atoms with Crippen LogP contribution < -0.4 is 14.8 Å². The molecule has 0 bridgehead atoms. The van der Waals surface area contributed by atoms with Crippen LogP contribution in [0.1, 0.15) is 22.1 Å². The van der Waals surface area contributed by atoms with E-state index >= 15 is 0 Å². The molecule has 0 saturated carbocycles. The number of hydrogen-bond donors (Lipinski definition) is 2. The lowest BCUT2D eigenvalue weighted by Gasteiger charge is -2.16. The van der Waals surface area contributed by atoms with Gasteiger partial charge in [-0.05, 0) is 48.4 Å². The van der Waals surface area contributed by atoms with Crippen molar-refractivity contribution in [3.8, 4) is 11.5 Å². The number of halogens is 1. The molecule has 2 aromatic carbocycles. The standard InChI is InChI=1S/C19H20ClNO4S/c1-11-7-14(20)4-6-16(11)25-9-13-8-12(3-5-17(13)24-2)18-21-15(10-26-18)19(22)23/h3-8,15,18,21H,9-10H2,1-2H3,(H,22,23)/t15-,18-/m1/s1. The summed E-state index contributed by atoms with van der Waals surface area (Å²) in [6.07, 6.45) is 0. The van der Waals surface area contributed by atoms with Crippen LogP contribution in [0.4, 0.5) is 0 Å². The number of carboxylic acid groups (broad SMARTS) is 1. The summed E-state index contributed by atoms with van der Waals surface area (Å²) in [7, 11) is 1.62. The monoisotopic (exact) mass is 393 g/mol. The maximum atomic E-state index is 11.1. The van der Waals surface area contributed by atoms with Crippen molar-refractivity contribution in [2.45, 2.75) is 24.9 Å². The summed E-state index contributed by atoms with van der Waals surface area (Å²) in [5, 5.41) is 12.9. The molecule has 0 spiro atoms. The van der Waals surface area contributed by atoms with Gasteiger partial charge in [-0.1, -0.05) is 17.7 Å². The van der Waals surface area contributed by atoms with Crippen LogP contribution in [0.25, 0.3) is 0 Å². The average molecular weight is 394 g/mol. The third-order valence-electron chi connectivity index (χ3n) is 4.21. The van der Waals surface area contributed by atoms with Crippen molar-refractivity contribution in [2.24, 2.45) is 0 Å². The van der Waals surface area contributed by atoms with Gasteiger partial charge in [-0.15, -0.1) is 11.8 Å². The lowest BCUT2D eigenvalue weighted by molar-refractivity contribution is -0.138. The summed E-state index contributed by atoms with van der Waals surface area (Å²) in [4.78, 5) is 11.1. The van der Waals surface area contributed by atoms with Gasteiger partial charge in [-0.3, -0.25) is 10.1 Å². The molecular formula is C19H20ClNO4S. The van der Waals surface area contributed by atoms with Gasteiger partial charge in [0.15, 0.2) is 0 Å². The highest BCUT2D eigenvalue weighted by Gasteiger charge is 2.30. The number of rotatable bonds is 6. The molecule has 1 aliphatic rings. The molecule has 0 aliphatic carbocycles. The summed E-state index contributed by atoms with van der Waals surface area (Å²) in [6, 6.07) is 10.8. The Labute approximate surface area is 161 Å². The molecule has 1 aliphatic heterocycles. The van der Waals surface area contributed by atoms with E-state index in [1.807, 2.05) is 37.3 Å². The molecule has 1 fully saturated rings. The number of carbonyl (C=O) groups is 1. The van der Waals surface area contributed by atoms with Crippen LogP contribution >= 0.6 is 23.4 Å². The molecule has 0 radical (unpaired) electrons. The Balaban J connectivity index is 1.76. The Morgan fingerprint density at radius 3 is 2.73 bits per heavy atom. The number of hydrogen-bond acceptors (Lipinski definition) is 5. The third kappa shape index (κ3) is 4.26. The van der Waals surface area contributed by atoms with Crippen molar-refractivity contribution in [3.05, 3.63) is 58.1 Å². The first-order valence-electron chi connectivity index (χ1n) is 8.14. The molecule has 0 unspecified atom stereocenters. The summed E-state index contributed by atoms with van der Waals surface area (Å²) in [6.45, 7) is 2.29. The fourth-order valence-corrected chi connectivity index (χ4v) is 4.26. The quantitative estimate of drug-likeness (QED) is 0.772. The third-order valence-corrected chi connectivity index (χ3v) is 5.71. The molecular weight excluding hydrogens is 374 g/mol. The van der Waals surface area contributed by atoms with E-state index in [0.717, 1.165) is 28.2 Å². The smallest absolute Gasteiger partial charge is 0.321 e. The Morgan fingerprint density at radius 1 is 1.31 bits per heavy atom. The number of nitrogens with one attached hydrogen (secondary N) is 1. The maximum absolute atomic E-state index is 11.1. The molecule has 5 nitrogen and oxygen atoms in total. The minimum atomic E-state index is -0.824. The fourth-order valence-electron chi connectivity index (χ4n) is 2.81. The zero-order chi connectivity index (χ0) is 18.7. The summed E-state index contributed by atoms with van der Waals surface area (Å²) in [5.74, 6) is 1.22. The number of benzene rings is 2. The van der Waals surface area contributed by atoms with Crippen molar-refractivity contribution in [3.63, 3.8) is 0 Å². The van der Waals surface area contributed by atoms with Gasteiger partial charge in [0.2, 0.25) is 0 Å². The Kier molecular flexibility index (Phi) is 5.96. The molecule has 3 rings (SSSR count). The van der Waals surface area contributed by atoms with Gasteiger partial charge < -0.3 is 14.6 Å². The molecule has 1 heterocycles. The van der Waals surface area contributed by atoms with Gasteiger partial charge in [0.25, 0.3) is 0 Å². The van der Waals surface area contributed by atoms with Crippen molar-refractivity contribution < 1.29 is 19.4 Å². The summed E-state index contributed by atoms with van der Waals surface area (Å²) < 4.78 is 11.4. The lowest BCUT2D eigenvalue weighted by atomic mass is 10.1. The van der Waals surface area contributed by atoms with Gasteiger partial charge in [0, 0.05) is 16.3 Å². The highest BCUT2D eigenvalue weighted by molar-refractivity contribution is 7.99.